The van der Waals surface area contributed by atoms with Crippen molar-refractivity contribution in [2.45, 2.75) is 39.4 Å². The zero-order valence-corrected chi connectivity index (χ0v) is 13.0. The van der Waals surface area contributed by atoms with Crippen molar-refractivity contribution in [3.8, 4) is 0 Å². The Hall–Kier alpha value is -1.91. The fourth-order valence-corrected chi connectivity index (χ4v) is 4.33. The molecule has 2 fully saturated rings. The van der Waals surface area contributed by atoms with Gasteiger partial charge in [0.05, 0.1) is 11.3 Å². The van der Waals surface area contributed by atoms with Crippen LogP contribution in [0.4, 0.5) is 0 Å². The number of carbonyl (C=O) groups is 3. The SMILES string of the molecule is C=C1C(=O)O[C@@H]2C[C@@H](C)[C@H]3C=CC(=O)[C@@]3(C)[C@H](OC(C)=O)[C@H]12. The van der Waals surface area contributed by atoms with Gasteiger partial charge in [0.15, 0.2) is 5.78 Å². The van der Waals surface area contributed by atoms with Gasteiger partial charge in [-0.25, -0.2) is 4.79 Å². The molecule has 5 heteroatoms. The summed E-state index contributed by atoms with van der Waals surface area (Å²) < 4.78 is 11.0. The maximum absolute atomic E-state index is 12.6. The molecule has 118 valence electrons. The molecule has 0 aromatic heterocycles. The van der Waals surface area contributed by atoms with Crippen LogP contribution in [-0.2, 0) is 23.9 Å². The lowest BCUT2D eigenvalue weighted by atomic mass is 9.67. The number of allylic oxidation sites excluding steroid dienone is 2. The number of carbonyl (C=O) groups excluding carboxylic acids is 3. The van der Waals surface area contributed by atoms with Crippen LogP contribution >= 0.6 is 0 Å². The molecule has 0 radical (unpaired) electrons. The van der Waals surface area contributed by atoms with E-state index in [1.54, 1.807) is 6.08 Å². The van der Waals surface area contributed by atoms with Crippen LogP contribution in [0.2, 0.25) is 0 Å². The molecule has 0 N–H and O–H groups in total. The predicted octanol–water partition coefficient (Wildman–Crippen LogP) is 1.82. The third kappa shape index (κ3) is 1.87. The van der Waals surface area contributed by atoms with Gasteiger partial charge in [0.2, 0.25) is 0 Å². The second kappa shape index (κ2) is 4.80. The maximum atomic E-state index is 12.6. The van der Waals surface area contributed by atoms with Gasteiger partial charge in [-0.2, -0.15) is 0 Å². The summed E-state index contributed by atoms with van der Waals surface area (Å²) in [4.78, 5) is 36.1. The molecule has 0 aromatic rings. The van der Waals surface area contributed by atoms with Crippen LogP contribution in [0.5, 0.6) is 0 Å². The van der Waals surface area contributed by atoms with Gasteiger partial charge >= 0.3 is 11.9 Å². The Bertz CT molecular complexity index is 604. The third-order valence-electron chi connectivity index (χ3n) is 5.43. The topological polar surface area (TPSA) is 69.7 Å². The van der Waals surface area contributed by atoms with E-state index < -0.39 is 29.4 Å². The molecule has 1 saturated carbocycles. The average Bonchev–Trinajstić information content (AvgIpc) is 2.84. The van der Waals surface area contributed by atoms with Crippen molar-refractivity contribution in [2.24, 2.45) is 23.2 Å². The lowest BCUT2D eigenvalue weighted by Gasteiger charge is -2.39. The highest BCUT2D eigenvalue weighted by Gasteiger charge is 2.61. The molecule has 1 aliphatic heterocycles. The summed E-state index contributed by atoms with van der Waals surface area (Å²) in [5.74, 6) is -1.35. The molecule has 3 rings (SSSR count). The monoisotopic (exact) mass is 304 g/mol. The van der Waals surface area contributed by atoms with Gasteiger partial charge in [-0.1, -0.05) is 19.6 Å². The van der Waals surface area contributed by atoms with Crippen LogP contribution in [0, 0.1) is 23.2 Å². The molecule has 5 nitrogen and oxygen atoms in total. The summed E-state index contributed by atoms with van der Waals surface area (Å²) in [5, 5.41) is 0. The van der Waals surface area contributed by atoms with E-state index >= 15 is 0 Å². The highest BCUT2D eigenvalue weighted by Crippen LogP contribution is 2.54. The van der Waals surface area contributed by atoms with Gasteiger partial charge in [-0.15, -0.1) is 0 Å². The van der Waals surface area contributed by atoms with E-state index in [1.165, 1.54) is 6.92 Å². The molecule has 22 heavy (non-hydrogen) atoms. The second-order valence-corrected chi connectivity index (χ2v) is 6.77. The predicted molar refractivity (Wildman–Crippen MR) is 77.6 cm³/mol. The number of esters is 2. The number of hydrogen-bond acceptors (Lipinski definition) is 5. The average molecular weight is 304 g/mol. The van der Waals surface area contributed by atoms with Crippen LogP contribution in [0.1, 0.15) is 27.2 Å². The Morgan fingerprint density at radius 3 is 2.77 bits per heavy atom. The van der Waals surface area contributed by atoms with Crippen molar-refractivity contribution in [2.75, 3.05) is 0 Å². The minimum Gasteiger partial charge on any atom is -0.461 e. The van der Waals surface area contributed by atoms with Crippen molar-refractivity contribution in [3.63, 3.8) is 0 Å². The maximum Gasteiger partial charge on any atom is 0.334 e. The normalized spacial score (nSPS) is 43.4. The van der Waals surface area contributed by atoms with Gasteiger partial charge in [0, 0.05) is 12.5 Å². The number of rotatable bonds is 1. The van der Waals surface area contributed by atoms with Gasteiger partial charge in [-0.3, -0.25) is 9.59 Å². The molecule has 2 aliphatic carbocycles. The molecule has 1 saturated heterocycles. The van der Waals surface area contributed by atoms with Crippen molar-refractivity contribution < 1.29 is 23.9 Å². The fourth-order valence-electron chi connectivity index (χ4n) is 4.33. The van der Waals surface area contributed by atoms with Crippen molar-refractivity contribution in [1.29, 1.82) is 0 Å². The quantitative estimate of drug-likeness (QED) is 0.546. The summed E-state index contributed by atoms with van der Waals surface area (Å²) >= 11 is 0. The first-order chi connectivity index (χ1) is 10.3. The van der Waals surface area contributed by atoms with E-state index in [4.69, 9.17) is 9.47 Å². The van der Waals surface area contributed by atoms with Gasteiger partial charge in [0.25, 0.3) is 0 Å². The minimum atomic E-state index is -0.874. The smallest absolute Gasteiger partial charge is 0.334 e. The van der Waals surface area contributed by atoms with Crippen molar-refractivity contribution in [3.05, 3.63) is 24.3 Å². The van der Waals surface area contributed by atoms with E-state index in [-0.39, 0.29) is 23.7 Å². The molecular weight excluding hydrogens is 284 g/mol. The first kappa shape index (κ1) is 15.0. The highest BCUT2D eigenvalue weighted by molar-refractivity contribution is 5.99. The third-order valence-corrected chi connectivity index (χ3v) is 5.43. The Morgan fingerprint density at radius 2 is 2.14 bits per heavy atom. The van der Waals surface area contributed by atoms with Crippen LogP contribution in [0.3, 0.4) is 0 Å². The Balaban J connectivity index is 2.12. The lowest BCUT2D eigenvalue weighted by Crippen LogP contribution is -2.49. The first-order valence-corrected chi connectivity index (χ1v) is 7.56. The Kier molecular flexibility index (Phi) is 3.27. The highest BCUT2D eigenvalue weighted by atomic mass is 16.6. The molecular formula is C17H20O5. The van der Waals surface area contributed by atoms with Crippen LogP contribution < -0.4 is 0 Å². The molecule has 0 amide bonds. The van der Waals surface area contributed by atoms with Crippen LogP contribution in [0.25, 0.3) is 0 Å². The Labute approximate surface area is 129 Å². The number of fused-ring (bicyclic) bond motifs is 2. The summed E-state index contributed by atoms with van der Waals surface area (Å²) in [5.41, 5.74) is -0.577. The summed E-state index contributed by atoms with van der Waals surface area (Å²) in [7, 11) is 0. The number of hydrogen-bond donors (Lipinski definition) is 0. The summed E-state index contributed by atoms with van der Waals surface area (Å²) in [6.45, 7) is 8.99. The molecule has 0 bridgehead atoms. The van der Waals surface area contributed by atoms with Crippen molar-refractivity contribution >= 4 is 17.7 Å². The minimum absolute atomic E-state index is 0.0403. The van der Waals surface area contributed by atoms with E-state index in [9.17, 15) is 14.4 Å². The molecule has 0 aromatic carbocycles. The molecule has 6 atom stereocenters. The second-order valence-electron chi connectivity index (χ2n) is 6.77. The zero-order chi connectivity index (χ0) is 16.2. The summed E-state index contributed by atoms with van der Waals surface area (Å²) in [6, 6.07) is 0. The number of ketones is 1. The van der Waals surface area contributed by atoms with Crippen LogP contribution in [0.15, 0.2) is 24.3 Å². The standard InChI is InChI=1S/C17H20O5/c1-8-7-12-14(9(2)16(20)22-12)15(21-10(3)18)17(4)11(8)5-6-13(17)19/h5-6,8,11-12,14-15H,2,7H2,1,3-4H3/t8-,11-,12-,14-,15-,17+/m1/s1. The first-order valence-electron chi connectivity index (χ1n) is 7.56. The Morgan fingerprint density at radius 1 is 1.45 bits per heavy atom. The molecule has 1 heterocycles. The van der Waals surface area contributed by atoms with Gasteiger partial charge < -0.3 is 9.47 Å². The van der Waals surface area contributed by atoms with E-state index in [1.807, 2.05) is 19.9 Å². The summed E-state index contributed by atoms with van der Waals surface area (Å²) in [6.07, 6.45) is 2.98. The van der Waals surface area contributed by atoms with Crippen molar-refractivity contribution in [1.82, 2.24) is 0 Å². The van der Waals surface area contributed by atoms with Crippen LogP contribution in [-0.4, -0.2) is 29.9 Å². The fraction of sp³-hybridized carbons (Fsp3) is 0.588. The van der Waals surface area contributed by atoms with Gasteiger partial charge in [-0.05, 0) is 31.3 Å². The molecule has 0 spiro atoms. The zero-order valence-electron chi connectivity index (χ0n) is 13.0. The molecule has 0 unspecified atom stereocenters. The van der Waals surface area contributed by atoms with E-state index in [2.05, 4.69) is 6.58 Å². The number of ether oxygens (including phenoxy) is 2. The lowest BCUT2D eigenvalue weighted by molar-refractivity contribution is -0.162. The molecule has 3 aliphatic rings. The van der Waals surface area contributed by atoms with Gasteiger partial charge in [0.1, 0.15) is 12.2 Å². The van der Waals surface area contributed by atoms with E-state index in [0.717, 1.165) is 0 Å². The largest absolute Gasteiger partial charge is 0.461 e. The van der Waals surface area contributed by atoms with E-state index in [0.29, 0.717) is 12.0 Å².